The van der Waals surface area contributed by atoms with E-state index in [9.17, 15) is 10.2 Å². The van der Waals surface area contributed by atoms with Crippen molar-refractivity contribution >= 4 is 0 Å². The van der Waals surface area contributed by atoms with Crippen molar-refractivity contribution in [2.45, 2.75) is 45.3 Å². The summed E-state index contributed by atoms with van der Waals surface area (Å²) in [4.78, 5) is 0. The summed E-state index contributed by atoms with van der Waals surface area (Å²) >= 11 is 0. The fourth-order valence-corrected chi connectivity index (χ4v) is 3.15. The molecule has 2 heteroatoms. The molecule has 2 bridgehead atoms. The molecule has 3 saturated carbocycles. The number of aliphatic hydroxyl groups excluding tert-OH is 1. The minimum Gasteiger partial charge on any atom is -0.390 e. The average Bonchev–Trinajstić information content (AvgIpc) is 1.93. The molecule has 3 fully saturated rings. The summed E-state index contributed by atoms with van der Waals surface area (Å²) in [6.45, 7) is 6.18. The van der Waals surface area contributed by atoms with Crippen LogP contribution in [0, 0.1) is 17.3 Å². The number of hydrogen-bond acceptors (Lipinski definition) is 2. The quantitative estimate of drug-likeness (QED) is 0.573. The second kappa shape index (κ2) is 2.05. The molecule has 0 radical (unpaired) electrons. The molecule has 0 unspecified atom stereocenters. The molecule has 0 aliphatic heterocycles. The molecule has 4 atom stereocenters. The van der Waals surface area contributed by atoms with Crippen molar-refractivity contribution in [3.05, 3.63) is 0 Å². The maximum atomic E-state index is 10.0. The summed E-state index contributed by atoms with van der Waals surface area (Å²) in [5.74, 6) is 0.913. The molecule has 3 rings (SSSR count). The lowest BCUT2D eigenvalue weighted by atomic mass is 9.43. The molecule has 3 aliphatic rings. The van der Waals surface area contributed by atoms with Gasteiger partial charge >= 0.3 is 0 Å². The zero-order valence-corrected chi connectivity index (χ0v) is 8.04. The van der Waals surface area contributed by atoms with E-state index in [0.717, 1.165) is 12.8 Å². The van der Waals surface area contributed by atoms with Crippen molar-refractivity contribution in [2.75, 3.05) is 0 Å². The molecule has 0 aromatic rings. The maximum Gasteiger partial charge on any atom is 0.0910 e. The van der Waals surface area contributed by atoms with Crippen LogP contribution in [0.2, 0.25) is 0 Å². The van der Waals surface area contributed by atoms with Crippen molar-refractivity contribution in [3.8, 4) is 0 Å². The maximum absolute atomic E-state index is 10.0. The molecule has 0 aromatic carbocycles. The third-order valence-corrected chi connectivity index (χ3v) is 4.36. The van der Waals surface area contributed by atoms with Crippen molar-refractivity contribution in [2.24, 2.45) is 17.3 Å². The van der Waals surface area contributed by atoms with Crippen LogP contribution in [0.25, 0.3) is 0 Å². The molecule has 2 N–H and O–H groups in total. The van der Waals surface area contributed by atoms with Crippen LogP contribution in [-0.2, 0) is 0 Å². The standard InChI is InChI=1S/C10H18O2/c1-9(2)6-4-7(9)10(3,12)8(11)5-6/h6-8,11-12H,4-5H2,1-3H3/t6-,7-,8+,10+/m0/s1. The van der Waals surface area contributed by atoms with Gasteiger partial charge in [-0.05, 0) is 37.0 Å². The molecule has 3 aliphatic carbocycles. The van der Waals surface area contributed by atoms with E-state index in [0.29, 0.717) is 11.8 Å². The zero-order valence-electron chi connectivity index (χ0n) is 8.04. The van der Waals surface area contributed by atoms with E-state index in [4.69, 9.17) is 0 Å². The van der Waals surface area contributed by atoms with Crippen LogP contribution in [0.15, 0.2) is 0 Å². The minimum absolute atomic E-state index is 0.239. The Morgan fingerprint density at radius 2 is 1.75 bits per heavy atom. The molecule has 0 spiro atoms. The van der Waals surface area contributed by atoms with E-state index in [1.54, 1.807) is 6.92 Å². The molecule has 0 amide bonds. The van der Waals surface area contributed by atoms with Crippen LogP contribution >= 0.6 is 0 Å². The second-order valence-corrected chi connectivity index (χ2v) is 5.28. The van der Waals surface area contributed by atoms with Crippen molar-refractivity contribution in [1.29, 1.82) is 0 Å². The Kier molecular flexibility index (Phi) is 1.45. The van der Waals surface area contributed by atoms with Crippen LogP contribution in [0.4, 0.5) is 0 Å². The van der Waals surface area contributed by atoms with Crippen LogP contribution < -0.4 is 0 Å². The van der Waals surface area contributed by atoms with Gasteiger partial charge in [0.05, 0.1) is 11.7 Å². The fraction of sp³-hybridized carbons (Fsp3) is 1.00. The smallest absolute Gasteiger partial charge is 0.0910 e. The molecule has 0 saturated heterocycles. The first-order valence-electron chi connectivity index (χ1n) is 4.77. The number of hydrogen-bond donors (Lipinski definition) is 2. The first kappa shape index (κ1) is 8.52. The first-order chi connectivity index (χ1) is 5.37. The highest BCUT2D eigenvalue weighted by atomic mass is 16.3. The Morgan fingerprint density at radius 1 is 1.17 bits per heavy atom. The van der Waals surface area contributed by atoms with Gasteiger partial charge in [-0.3, -0.25) is 0 Å². The van der Waals surface area contributed by atoms with Crippen molar-refractivity contribution < 1.29 is 10.2 Å². The molecule has 2 nitrogen and oxygen atoms in total. The summed E-state index contributed by atoms with van der Waals surface area (Å²) in [5.41, 5.74) is -0.610. The van der Waals surface area contributed by atoms with E-state index in [2.05, 4.69) is 13.8 Å². The first-order valence-corrected chi connectivity index (χ1v) is 4.77. The van der Waals surface area contributed by atoms with Gasteiger partial charge in [0.2, 0.25) is 0 Å². The van der Waals surface area contributed by atoms with E-state index < -0.39 is 11.7 Å². The molecule has 12 heavy (non-hydrogen) atoms. The van der Waals surface area contributed by atoms with Gasteiger partial charge in [0.25, 0.3) is 0 Å². The number of aliphatic hydroxyl groups is 2. The average molecular weight is 170 g/mol. The lowest BCUT2D eigenvalue weighted by molar-refractivity contribution is -0.245. The van der Waals surface area contributed by atoms with Crippen LogP contribution in [0.3, 0.4) is 0 Å². The lowest BCUT2D eigenvalue weighted by Crippen LogP contribution is -2.66. The van der Waals surface area contributed by atoms with E-state index in [-0.39, 0.29) is 5.41 Å². The molecular formula is C10H18O2. The van der Waals surface area contributed by atoms with E-state index >= 15 is 0 Å². The molecule has 70 valence electrons. The van der Waals surface area contributed by atoms with Gasteiger partial charge in [-0.15, -0.1) is 0 Å². The van der Waals surface area contributed by atoms with Gasteiger partial charge in [-0.2, -0.15) is 0 Å². The third kappa shape index (κ3) is 0.775. The van der Waals surface area contributed by atoms with Gasteiger partial charge in [0.15, 0.2) is 0 Å². The van der Waals surface area contributed by atoms with E-state index in [1.807, 2.05) is 0 Å². The Hall–Kier alpha value is -0.0800. The van der Waals surface area contributed by atoms with Gasteiger partial charge < -0.3 is 10.2 Å². The summed E-state index contributed by atoms with van der Waals surface area (Å²) in [5, 5.41) is 19.7. The van der Waals surface area contributed by atoms with Gasteiger partial charge in [0, 0.05) is 0 Å². The Bertz CT molecular complexity index is 208. The topological polar surface area (TPSA) is 40.5 Å². The highest BCUT2D eigenvalue weighted by Crippen LogP contribution is 2.62. The predicted molar refractivity (Wildman–Crippen MR) is 46.6 cm³/mol. The van der Waals surface area contributed by atoms with E-state index in [1.165, 1.54) is 0 Å². The summed E-state index contributed by atoms with van der Waals surface area (Å²) in [7, 11) is 0. The zero-order chi connectivity index (χ0) is 9.15. The molecule has 0 aromatic heterocycles. The van der Waals surface area contributed by atoms with Crippen LogP contribution in [0.1, 0.15) is 33.6 Å². The summed E-state index contributed by atoms with van der Waals surface area (Å²) < 4.78 is 0. The van der Waals surface area contributed by atoms with Gasteiger partial charge in [0.1, 0.15) is 0 Å². The van der Waals surface area contributed by atoms with Crippen LogP contribution in [-0.4, -0.2) is 21.9 Å². The largest absolute Gasteiger partial charge is 0.390 e. The van der Waals surface area contributed by atoms with Crippen molar-refractivity contribution in [1.82, 2.24) is 0 Å². The Morgan fingerprint density at radius 3 is 2.08 bits per heavy atom. The third-order valence-electron chi connectivity index (χ3n) is 4.36. The van der Waals surface area contributed by atoms with Gasteiger partial charge in [-0.25, -0.2) is 0 Å². The molecule has 0 heterocycles. The predicted octanol–water partition coefficient (Wildman–Crippen LogP) is 1.16. The highest BCUT2D eigenvalue weighted by Gasteiger charge is 2.62. The summed E-state index contributed by atoms with van der Waals surface area (Å²) in [6.07, 6.45) is 1.36. The Labute approximate surface area is 73.6 Å². The molecular weight excluding hydrogens is 152 g/mol. The fourth-order valence-electron chi connectivity index (χ4n) is 3.15. The minimum atomic E-state index is -0.849. The van der Waals surface area contributed by atoms with Crippen molar-refractivity contribution in [3.63, 3.8) is 0 Å². The normalized spacial score (nSPS) is 56.2. The SMILES string of the molecule is CC1(C)[C@@H]2C[C@@H](O)[C@](C)(O)[C@H]1C2. The lowest BCUT2D eigenvalue weighted by Gasteiger charge is -2.64. The van der Waals surface area contributed by atoms with Gasteiger partial charge in [-0.1, -0.05) is 13.8 Å². The second-order valence-electron chi connectivity index (χ2n) is 5.28. The number of rotatable bonds is 0. The Balaban J connectivity index is 2.27. The number of fused-ring (bicyclic) bond motifs is 2. The highest BCUT2D eigenvalue weighted by molar-refractivity contribution is 5.12. The monoisotopic (exact) mass is 170 g/mol. The summed E-state index contributed by atoms with van der Waals surface area (Å²) in [6, 6.07) is 0. The van der Waals surface area contributed by atoms with Crippen LogP contribution in [0.5, 0.6) is 0 Å².